The molecule has 0 bridgehead atoms. The molecule has 2 N–H and O–H groups in total. The fourth-order valence-electron chi connectivity index (χ4n) is 3.11. The first-order valence-corrected chi connectivity index (χ1v) is 6.04. The van der Waals surface area contributed by atoms with E-state index in [-0.39, 0.29) is 0 Å². The van der Waals surface area contributed by atoms with Crippen LogP contribution in [-0.4, -0.2) is 0 Å². The molecule has 1 saturated carbocycles. The monoisotopic (exact) mass is 203 g/mol. The second kappa shape index (κ2) is 4.26. The van der Waals surface area contributed by atoms with E-state index >= 15 is 0 Å². The molecule has 15 heavy (non-hydrogen) atoms. The smallest absolute Gasteiger partial charge is 0.0349 e. The molecule has 1 fully saturated rings. The summed E-state index contributed by atoms with van der Waals surface area (Å²) in [6, 6.07) is 8.37. The minimum atomic E-state index is 0.667. The Morgan fingerprint density at radius 1 is 1.07 bits per heavy atom. The summed E-state index contributed by atoms with van der Waals surface area (Å²) in [5, 5.41) is 0. The molecule has 1 nitrogen and oxygen atoms in total. The zero-order chi connectivity index (χ0) is 10.8. The maximum atomic E-state index is 6.08. The zero-order valence-corrected chi connectivity index (χ0v) is 9.74. The van der Waals surface area contributed by atoms with Gasteiger partial charge in [-0.1, -0.05) is 51.3 Å². The van der Waals surface area contributed by atoms with Gasteiger partial charge < -0.3 is 5.73 Å². The van der Waals surface area contributed by atoms with E-state index < -0.39 is 0 Å². The van der Waals surface area contributed by atoms with Crippen molar-refractivity contribution in [3.8, 4) is 0 Å². The predicted octanol–water partition coefficient (Wildman–Crippen LogP) is 3.81. The van der Waals surface area contributed by atoms with E-state index in [9.17, 15) is 0 Å². The Morgan fingerprint density at radius 3 is 2.27 bits per heavy atom. The molecule has 0 aromatic heterocycles. The van der Waals surface area contributed by atoms with Crippen molar-refractivity contribution in [1.29, 1.82) is 0 Å². The molecule has 1 aromatic rings. The average molecular weight is 203 g/mol. The van der Waals surface area contributed by atoms with Crippen molar-refractivity contribution in [3.05, 3.63) is 29.8 Å². The van der Waals surface area contributed by atoms with Gasteiger partial charge in [0.1, 0.15) is 0 Å². The highest BCUT2D eigenvalue weighted by Crippen LogP contribution is 2.43. The van der Waals surface area contributed by atoms with Gasteiger partial charge in [-0.2, -0.15) is 0 Å². The van der Waals surface area contributed by atoms with Gasteiger partial charge in [0.2, 0.25) is 0 Å². The van der Waals surface area contributed by atoms with E-state index in [0.717, 1.165) is 17.5 Å². The molecule has 2 rings (SSSR count). The number of anilines is 1. The molecule has 1 aliphatic carbocycles. The van der Waals surface area contributed by atoms with Crippen LogP contribution in [0.2, 0.25) is 0 Å². The van der Waals surface area contributed by atoms with Crippen LogP contribution < -0.4 is 5.73 Å². The van der Waals surface area contributed by atoms with Crippen LogP contribution in [0.25, 0.3) is 0 Å². The molecule has 1 aliphatic rings. The van der Waals surface area contributed by atoms with E-state index in [1.165, 1.54) is 24.8 Å². The Balaban J connectivity index is 2.31. The van der Waals surface area contributed by atoms with Crippen LogP contribution >= 0.6 is 0 Å². The molecule has 0 saturated heterocycles. The summed E-state index contributed by atoms with van der Waals surface area (Å²) in [4.78, 5) is 0. The Kier molecular flexibility index (Phi) is 2.99. The molecule has 0 radical (unpaired) electrons. The van der Waals surface area contributed by atoms with Gasteiger partial charge >= 0.3 is 0 Å². The lowest BCUT2D eigenvalue weighted by atomic mass is 9.70. The quantitative estimate of drug-likeness (QED) is 0.690. The van der Waals surface area contributed by atoms with Crippen molar-refractivity contribution in [2.24, 2.45) is 11.8 Å². The van der Waals surface area contributed by atoms with Gasteiger partial charge in [0.25, 0.3) is 0 Å². The third kappa shape index (κ3) is 2.01. The molecule has 1 aromatic carbocycles. The normalized spacial score (nSPS) is 27.9. The van der Waals surface area contributed by atoms with Crippen molar-refractivity contribution >= 4 is 5.69 Å². The number of nitrogen functional groups attached to an aromatic ring is 1. The first-order valence-electron chi connectivity index (χ1n) is 6.04. The molecule has 1 heteroatoms. The van der Waals surface area contributed by atoms with E-state index in [1.54, 1.807) is 0 Å². The van der Waals surface area contributed by atoms with Gasteiger partial charge in [0, 0.05) is 5.69 Å². The van der Waals surface area contributed by atoms with E-state index in [0.29, 0.717) is 5.92 Å². The number of rotatable bonds is 1. The van der Waals surface area contributed by atoms with Gasteiger partial charge in [-0.25, -0.2) is 0 Å². The standard InChI is InChI=1S/C14H21N/c1-10-6-5-7-11(2)14(10)12-8-3-4-9-13(12)15/h3-4,8-11,14H,5-7,15H2,1-2H3/t10-,11-/m1/s1. The van der Waals surface area contributed by atoms with Crippen molar-refractivity contribution in [3.63, 3.8) is 0 Å². The zero-order valence-electron chi connectivity index (χ0n) is 9.74. The highest BCUT2D eigenvalue weighted by Gasteiger charge is 2.29. The summed E-state index contributed by atoms with van der Waals surface area (Å²) in [5.41, 5.74) is 8.42. The number of nitrogens with two attached hydrogens (primary N) is 1. The first-order chi connectivity index (χ1) is 7.20. The molecule has 0 spiro atoms. The summed E-state index contributed by atoms with van der Waals surface area (Å²) in [7, 11) is 0. The van der Waals surface area contributed by atoms with Crippen LogP contribution in [-0.2, 0) is 0 Å². The van der Waals surface area contributed by atoms with Gasteiger partial charge in [-0.05, 0) is 29.4 Å². The fraction of sp³-hybridized carbons (Fsp3) is 0.571. The van der Waals surface area contributed by atoms with E-state index in [1.807, 2.05) is 12.1 Å². The minimum Gasteiger partial charge on any atom is -0.398 e. The lowest BCUT2D eigenvalue weighted by molar-refractivity contribution is 0.249. The fourth-order valence-corrected chi connectivity index (χ4v) is 3.11. The van der Waals surface area contributed by atoms with Crippen LogP contribution in [0.5, 0.6) is 0 Å². The predicted molar refractivity (Wildman–Crippen MR) is 65.8 cm³/mol. The van der Waals surface area contributed by atoms with Crippen LogP contribution in [0.1, 0.15) is 44.6 Å². The lowest BCUT2D eigenvalue weighted by Crippen LogP contribution is -2.23. The van der Waals surface area contributed by atoms with Gasteiger partial charge in [-0.15, -0.1) is 0 Å². The Bertz CT molecular complexity index is 322. The van der Waals surface area contributed by atoms with Crippen molar-refractivity contribution in [1.82, 2.24) is 0 Å². The van der Waals surface area contributed by atoms with Gasteiger partial charge in [-0.3, -0.25) is 0 Å². The average Bonchev–Trinajstić information content (AvgIpc) is 2.20. The molecule has 0 aliphatic heterocycles. The van der Waals surface area contributed by atoms with Crippen LogP contribution in [0.4, 0.5) is 5.69 Å². The molecule has 0 amide bonds. The summed E-state index contributed by atoms with van der Waals surface area (Å²) in [6.07, 6.45) is 4.08. The largest absolute Gasteiger partial charge is 0.398 e. The topological polar surface area (TPSA) is 26.0 Å². The molecular formula is C14H21N. The van der Waals surface area contributed by atoms with Gasteiger partial charge in [0.05, 0.1) is 0 Å². The minimum absolute atomic E-state index is 0.667. The molecule has 0 unspecified atom stereocenters. The summed E-state index contributed by atoms with van der Waals surface area (Å²) < 4.78 is 0. The Labute approximate surface area is 92.7 Å². The Morgan fingerprint density at radius 2 is 1.67 bits per heavy atom. The van der Waals surface area contributed by atoms with Gasteiger partial charge in [0.15, 0.2) is 0 Å². The second-order valence-electron chi connectivity index (χ2n) is 5.04. The van der Waals surface area contributed by atoms with E-state index in [2.05, 4.69) is 26.0 Å². The number of benzene rings is 1. The number of para-hydroxylation sites is 1. The van der Waals surface area contributed by atoms with Crippen LogP contribution in [0, 0.1) is 11.8 Å². The third-order valence-corrected chi connectivity index (χ3v) is 3.90. The number of hydrogen-bond donors (Lipinski definition) is 1. The van der Waals surface area contributed by atoms with Crippen molar-refractivity contribution < 1.29 is 0 Å². The molecule has 2 atom stereocenters. The van der Waals surface area contributed by atoms with Crippen molar-refractivity contribution in [2.45, 2.75) is 39.0 Å². The molecule has 0 heterocycles. The molecule has 82 valence electrons. The van der Waals surface area contributed by atoms with Crippen LogP contribution in [0.15, 0.2) is 24.3 Å². The van der Waals surface area contributed by atoms with Crippen molar-refractivity contribution in [2.75, 3.05) is 5.73 Å². The first kappa shape index (κ1) is 10.5. The number of hydrogen-bond acceptors (Lipinski definition) is 1. The summed E-state index contributed by atoms with van der Waals surface area (Å²) >= 11 is 0. The highest BCUT2D eigenvalue weighted by molar-refractivity contribution is 5.49. The van der Waals surface area contributed by atoms with Crippen LogP contribution in [0.3, 0.4) is 0 Å². The maximum Gasteiger partial charge on any atom is 0.0349 e. The van der Waals surface area contributed by atoms with E-state index in [4.69, 9.17) is 5.73 Å². The molecular weight excluding hydrogens is 182 g/mol. The lowest BCUT2D eigenvalue weighted by Gasteiger charge is -2.35. The maximum absolute atomic E-state index is 6.08. The summed E-state index contributed by atoms with van der Waals surface area (Å²) in [5.74, 6) is 2.22. The second-order valence-corrected chi connectivity index (χ2v) is 5.04. The Hall–Kier alpha value is -0.980. The SMILES string of the molecule is C[C@@H]1CCC[C@@H](C)C1c1ccccc1N. The summed E-state index contributed by atoms with van der Waals surface area (Å²) in [6.45, 7) is 4.74. The highest BCUT2D eigenvalue weighted by atomic mass is 14.6. The third-order valence-electron chi connectivity index (χ3n) is 3.90.